The Bertz CT molecular complexity index is 1040. The summed E-state index contributed by atoms with van der Waals surface area (Å²) >= 11 is 0. The van der Waals surface area contributed by atoms with Crippen molar-refractivity contribution >= 4 is 17.8 Å². The minimum Gasteiger partial charge on any atom is -0.464 e. The van der Waals surface area contributed by atoms with Crippen molar-refractivity contribution in [1.82, 2.24) is 10.6 Å². The van der Waals surface area contributed by atoms with Crippen LogP contribution in [0.15, 0.2) is 66.7 Å². The molecular weight excluding hydrogens is 475 g/mol. The molecule has 0 spiro atoms. The highest BCUT2D eigenvalue weighted by molar-refractivity contribution is 5.86. The summed E-state index contributed by atoms with van der Waals surface area (Å²) in [7, 11) is 0. The van der Waals surface area contributed by atoms with Gasteiger partial charge in [0.15, 0.2) is 0 Å². The van der Waals surface area contributed by atoms with Crippen LogP contribution in [0.5, 0.6) is 0 Å². The summed E-state index contributed by atoms with van der Waals surface area (Å²) in [6.07, 6.45) is 6.22. The molecule has 3 atom stereocenters. The molecule has 0 saturated carbocycles. The summed E-state index contributed by atoms with van der Waals surface area (Å²) in [5.74, 6) is -2.24. The molecule has 7 nitrogen and oxygen atoms in total. The number of carbonyl (C=O) groups excluding carboxylic acids is 3. The molecule has 0 aromatic heterocycles. The van der Waals surface area contributed by atoms with Crippen LogP contribution in [0.2, 0.25) is 0 Å². The fourth-order valence-corrected chi connectivity index (χ4v) is 4.33. The van der Waals surface area contributed by atoms with Gasteiger partial charge in [0.1, 0.15) is 12.4 Å². The van der Waals surface area contributed by atoms with E-state index in [4.69, 9.17) is 4.74 Å². The van der Waals surface area contributed by atoms with Crippen molar-refractivity contribution in [2.75, 3.05) is 19.8 Å². The van der Waals surface area contributed by atoms with Gasteiger partial charge in [0.05, 0.1) is 31.0 Å². The second-order valence-corrected chi connectivity index (χ2v) is 9.31. The van der Waals surface area contributed by atoms with Gasteiger partial charge in [-0.25, -0.2) is 4.39 Å². The van der Waals surface area contributed by atoms with Gasteiger partial charge in [0.2, 0.25) is 11.8 Å². The van der Waals surface area contributed by atoms with Gasteiger partial charge in [0, 0.05) is 6.42 Å². The molecule has 198 valence electrons. The number of allylic oxidation sites excluding steroid dienone is 2. The van der Waals surface area contributed by atoms with Crippen LogP contribution in [-0.4, -0.2) is 48.7 Å². The third-order valence-electron chi connectivity index (χ3n) is 6.36. The number of hydrogen-bond donors (Lipinski definition) is 3. The topological polar surface area (TPSA) is 105 Å². The maximum absolute atomic E-state index is 13.2. The van der Waals surface area contributed by atoms with Gasteiger partial charge < -0.3 is 20.5 Å². The number of halogens is 1. The lowest BCUT2D eigenvalue weighted by molar-refractivity contribution is -0.149. The zero-order valence-corrected chi connectivity index (χ0v) is 20.9. The van der Waals surface area contributed by atoms with Gasteiger partial charge in [-0.3, -0.25) is 14.4 Å². The zero-order valence-electron chi connectivity index (χ0n) is 20.9. The van der Waals surface area contributed by atoms with Gasteiger partial charge >= 0.3 is 5.97 Å². The molecular formula is C29H35FN2O5. The molecule has 0 unspecified atom stereocenters. The number of ether oxygens (including phenoxy) is 1. The van der Waals surface area contributed by atoms with Gasteiger partial charge in [-0.1, -0.05) is 54.6 Å². The quantitative estimate of drug-likeness (QED) is 0.374. The molecule has 0 aliphatic carbocycles. The Kier molecular flexibility index (Phi) is 11.3. The smallest absolute Gasteiger partial charge is 0.309 e. The number of esters is 1. The van der Waals surface area contributed by atoms with Crippen LogP contribution in [0.4, 0.5) is 4.39 Å². The first-order chi connectivity index (χ1) is 17.9. The van der Waals surface area contributed by atoms with Crippen molar-refractivity contribution in [3.8, 4) is 0 Å². The average Bonchev–Trinajstić information content (AvgIpc) is 2.91. The fraction of sp³-hybridized carbons (Fsp3) is 0.414. The van der Waals surface area contributed by atoms with E-state index in [9.17, 15) is 23.9 Å². The van der Waals surface area contributed by atoms with Crippen LogP contribution in [0.25, 0.3) is 0 Å². The van der Waals surface area contributed by atoms with Crippen molar-refractivity contribution in [2.45, 2.75) is 44.6 Å². The van der Waals surface area contributed by atoms with Crippen LogP contribution in [0.1, 0.15) is 36.8 Å². The van der Waals surface area contributed by atoms with E-state index in [1.165, 1.54) is 12.1 Å². The van der Waals surface area contributed by atoms with Crippen LogP contribution < -0.4 is 10.6 Å². The summed E-state index contributed by atoms with van der Waals surface area (Å²) in [4.78, 5) is 38.1. The first-order valence-electron chi connectivity index (χ1n) is 12.7. The lowest BCUT2D eigenvalue weighted by atomic mass is 9.94. The predicted molar refractivity (Wildman–Crippen MR) is 138 cm³/mol. The molecule has 2 amide bonds. The minimum atomic E-state index is -0.584. The number of aliphatic hydroxyl groups excluding tert-OH is 1. The fourth-order valence-electron chi connectivity index (χ4n) is 4.33. The maximum atomic E-state index is 13.2. The van der Waals surface area contributed by atoms with Crippen molar-refractivity contribution in [3.63, 3.8) is 0 Å². The number of hydrogen-bond acceptors (Lipinski definition) is 5. The Balaban J connectivity index is 1.57. The highest BCUT2D eigenvalue weighted by Gasteiger charge is 2.24. The normalized spacial score (nSPS) is 20.8. The molecule has 1 heterocycles. The molecule has 8 heteroatoms. The Hall–Kier alpha value is -3.52. The predicted octanol–water partition coefficient (Wildman–Crippen LogP) is 3.11. The van der Waals surface area contributed by atoms with Crippen molar-refractivity contribution in [2.24, 2.45) is 11.8 Å². The van der Waals surface area contributed by atoms with E-state index in [1.54, 1.807) is 12.1 Å². The average molecular weight is 511 g/mol. The maximum Gasteiger partial charge on any atom is 0.309 e. The second-order valence-electron chi connectivity index (χ2n) is 9.31. The molecule has 1 aliphatic rings. The number of aliphatic hydroxyl groups is 1. The summed E-state index contributed by atoms with van der Waals surface area (Å²) in [6, 6.07) is 15.2. The molecule has 0 saturated heterocycles. The first-order valence-corrected chi connectivity index (χ1v) is 12.7. The van der Waals surface area contributed by atoms with Crippen LogP contribution in [0, 0.1) is 17.7 Å². The molecule has 37 heavy (non-hydrogen) atoms. The summed E-state index contributed by atoms with van der Waals surface area (Å²) in [5.41, 5.74) is 1.85. The van der Waals surface area contributed by atoms with E-state index >= 15 is 0 Å². The zero-order chi connectivity index (χ0) is 26.5. The molecule has 0 fully saturated rings. The number of rotatable bonds is 8. The third-order valence-corrected chi connectivity index (χ3v) is 6.36. The van der Waals surface area contributed by atoms with Gasteiger partial charge in [0.25, 0.3) is 0 Å². The number of nitrogens with one attached hydrogen (secondary N) is 2. The molecule has 1 aliphatic heterocycles. The first kappa shape index (κ1) is 28.1. The van der Waals surface area contributed by atoms with E-state index < -0.39 is 12.0 Å². The van der Waals surface area contributed by atoms with Crippen LogP contribution in [-0.2, 0) is 32.0 Å². The highest BCUT2D eigenvalue weighted by atomic mass is 19.1. The molecule has 0 bridgehead atoms. The molecule has 2 aromatic rings. The molecule has 2 aromatic carbocycles. The van der Waals surface area contributed by atoms with Crippen molar-refractivity contribution in [3.05, 3.63) is 83.7 Å². The Labute approximate surface area is 217 Å². The van der Waals surface area contributed by atoms with E-state index in [2.05, 4.69) is 10.6 Å². The van der Waals surface area contributed by atoms with Gasteiger partial charge in [-0.2, -0.15) is 0 Å². The third kappa shape index (κ3) is 9.80. The standard InChI is InChI=1S/C29H35FN2O5/c30-25-13-11-22(12-14-25)17-24-10-6-2-5-9-23(28(35)31-15-16-37-29(24)36)19-27(34)32-26(20-33)18-21-7-3-1-4-8-21/h1-5,7-8,11-14,23-24,26,33H,6,9-10,15-20H2,(H,31,35)(H,32,34)/b5-2+/t23-,24-,26+/m0/s1. The summed E-state index contributed by atoms with van der Waals surface area (Å²) < 4.78 is 18.6. The number of carbonyl (C=O) groups is 3. The molecule has 0 radical (unpaired) electrons. The molecule has 3 rings (SSSR count). The number of amides is 2. The number of benzene rings is 2. The van der Waals surface area contributed by atoms with E-state index in [0.717, 1.165) is 11.1 Å². The summed E-state index contributed by atoms with van der Waals surface area (Å²) in [5, 5.41) is 15.3. The summed E-state index contributed by atoms with van der Waals surface area (Å²) in [6.45, 7) is -0.0364. The van der Waals surface area contributed by atoms with E-state index in [0.29, 0.717) is 32.1 Å². The Morgan fingerprint density at radius 3 is 2.54 bits per heavy atom. The Morgan fingerprint density at radius 1 is 1.05 bits per heavy atom. The van der Waals surface area contributed by atoms with E-state index in [-0.39, 0.29) is 55.7 Å². The SMILES string of the molecule is O=C(C[C@@H]1C/C=C/CC[C@@H](Cc2ccc(F)cc2)C(=O)OCCNC1=O)N[C@@H](CO)Cc1ccccc1. The monoisotopic (exact) mass is 510 g/mol. The van der Waals surface area contributed by atoms with Crippen LogP contribution >= 0.6 is 0 Å². The van der Waals surface area contributed by atoms with Crippen molar-refractivity contribution < 1.29 is 28.6 Å². The lowest BCUT2D eigenvalue weighted by Crippen LogP contribution is -2.42. The second kappa shape index (κ2) is 14.9. The van der Waals surface area contributed by atoms with Crippen LogP contribution in [0.3, 0.4) is 0 Å². The van der Waals surface area contributed by atoms with E-state index in [1.807, 2.05) is 42.5 Å². The lowest BCUT2D eigenvalue weighted by Gasteiger charge is -2.19. The molecule has 3 N–H and O–H groups in total. The van der Waals surface area contributed by atoms with Crippen molar-refractivity contribution in [1.29, 1.82) is 0 Å². The van der Waals surface area contributed by atoms with Gasteiger partial charge in [-0.15, -0.1) is 0 Å². The largest absolute Gasteiger partial charge is 0.464 e. The highest BCUT2D eigenvalue weighted by Crippen LogP contribution is 2.19. The minimum absolute atomic E-state index is 0.0194. The Morgan fingerprint density at radius 2 is 1.81 bits per heavy atom. The van der Waals surface area contributed by atoms with Gasteiger partial charge in [-0.05, 0) is 55.4 Å². The number of cyclic esters (lactones) is 1.